The number of hydrogen-bond donors (Lipinski definition) is 2. The molecule has 0 aliphatic carbocycles. The summed E-state index contributed by atoms with van der Waals surface area (Å²) in [6, 6.07) is -0.982. The second-order valence-corrected chi connectivity index (χ2v) is 6.60. The smallest absolute Gasteiger partial charge is 0.237 e. The van der Waals surface area contributed by atoms with E-state index in [0.29, 0.717) is 0 Å². The van der Waals surface area contributed by atoms with Gasteiger partial charge in [0.2, 0.25) is 5.91 Å². The van der Waals surface area contributed by atoms with Gasteiger partial charge in [-0.15, -0.1) is 0 Å². The van der Waals surface area contributed by atoms with E-state index in [1.807, 2.05) is 13.8 Å². The number of carbonyl (C=O) groups is 1. The zero-order valence-electron chi connectivity index (χ0n) is 10.4. The lowest BCUT2D eigenvalue weighted by molar-refractivity contribution is -0.123. The van der Waals surface area contributed by atoms with Crippen molar-refractivity contribution in [1.82, 2.24) is 5.32 Å². The van der Waals surface area contributed by atoms with Crippen molar-refractivity contribution in [1.29, 1.82) is 0 Å². The van der Waals surface area contributed by atoms with E-state index in [2.05, 4.69) is 5.32 Å². The normalized spacial score (nSPS) is 17.6. The average molecular weight is 250 g/mol. The molecule has 0 heterocycles. The molecule has 5 nitrogen and oxygen atoms in total. The van der Waals surface area contributed by atoms with Gasteiger partial charge >= 0.3 is 0 Å². The van der Waals surface area contributed by atoms with Crippen molar-refractivity contribution < 1.29 is 13.2 Å². The first kappa shape index (κ1) is 15.4. The molecule has 0 aromatic carbocycles. The maximum atomic E-state index is 11.6. The van der Waals surface area contributed by atoms with Crippen LogP contribution in [0.3, 0.4) is 0 Å². The van der Waals surface area contributed by atoms with Gasteiger partial charge in [-0.25, -0.2) is 8.42 Å². The molecule has 16 heavy (non-hydrogen) atoms. The van der Waals surface area contributed by atoms with Crippen LogP contribution in [0.15, 0.2) is 0 Å². The predicted octanol–water partition coefficient (Wildman–Crippen LogP) is -0.0909. The SMILES string of the molecule is CCC(C)[C@H](N)C(=O)NC(C)CS(C)(=O)=O. The van der Waals surface area contributed by atoms with E-state index < -0.39 is 21.9 Å². The van der Waals surface area contributed by atoms with E-state index >= 15 is 0 Å². The highest BCUT2D eigenvalue weighted by Gasteiger charge is 2.21. The van der Waals surface area contributed by atoms with Crippen LogP contribution in [-0.4, -0.2) is 38.4 Å². The van der Waals surface area contributed by atoms with Crippen molar-refractivity contribution in [2.75, 3.05) is 12.0 Å². The summed E-state index contributed by atoms with van der Waals surface area (Å²) in [5.74, 6) is -0.262. The number of hydrogen-bond acceptors (Lipinski definition) is 4. The number of nitrogens with one attached hydrogen (secondary N) is 1. The molecule has 2 unspecified atom stereocenters. The maximum Gasteiger partial charge on any atom is 0.237 e. The Morgan fingerprint density at radius 3 is 2.25 bits per heavy atom. The van der Waals surface area contributed by atoms with Gasteiger partial charge in [-0.2, -0.15) is 0 Å². The van der Waals surface area contributed by atoms with E-state index in [1.54, 1.807) is 6.92 Å². The molecule has 0 aliphatic rings. The first-order valence-corrected chi connectivity index (χ1v) is 7.47. The highest BCUT2D eigenvalue weighted by Crippen LogP contribution is 2.05. The van der Waals surface area contributed by atoms with Crippen LogP contribution in [-0.2, 0) is 14.6 Å². The minimum atomic E-state index is -3.08. The standard InChI is InChI=1S/C10H22N2O3S/c1-5-7(2)9(11)10(13)12-8(3)6-16(4,14)15/h7-9H,5-6,11H2,1-4H3,(H,12,13)/t7?,8?,9-/m0/s1. The number of amides is 1. The Labute approximate surface area is 97.7 Å². The number of rotatable bonds is 6. The van der Waals surface area contributed by atoms with Gasteiger partial charge in [0.15, 0.2) is 0 Å². The quantitative estimate of drug-likeness (QED) is 0.689. The van der Waals surface area contributed by atoms with Crippen molar-refractivity contribution in [2.24, 2.45) is 11.7 Å². The van der Waals surface area contributed by atoms with Gasteiger partial charge in [-0.1, -0.05) is 20.3 Å². The molecule has 0 aromatic heterocycles. The largest absolute Gasteiger partial charge is 0.351 e. The first-order chi connectivity index (χ1) is 7.17. The average Bonchev–Trinajstić information content (AvgIpc) is 2.12. The molecule has 0 radical (unpaired) electrons. The highest BCUT2D eigenvalue weighted by molar-refractivity contribution is 7.90. The molecule has 0 bridgehead atoms. The summed E-state index contributed by atoms with van der Waals surface area (Å²) in [5, 5.41) is 2.61. The van der Waals surface area contributed by atoms with Crippen LogP contribution in [0.2, 0.25) is 0 Å². The van der Waals surface area contributed by atoms with Gasteiger partial charge in [0.05, 0.1) is 11.8 Å². The summed E-state index contributed by atoms with van der Waals surface area (Å²) in [5.41, 5.74) is 5.72. The molecular weight excluding hydrogens is 228 g/mol. The Morgan fingerprint density at radius 1 is 1.38 bits per heavy atom. The van der Waals surface area contributed by atoms with Crippen molar-refractivity contribution in [3.05, 3.63) is 0 Å². The van der Waals surface area contributed by atoms with Crippen LogP contribution in [0.1, 0.15) is 27.2 Å². The lowest BCUT2D eigenvalue weighted by Gasteiger charge is -2.20. The van der Waals surface area contributed by atoms with Crippen molar-refractivity contribution in [3.8, 4) is 0 Å². The van der Waals surface area contributed by atoms with Crippen LogP contribution in [0.25, 0.3) is 0 Å². The van der Waals surface area contributed by atoms with Gasteiger partial charge in [-0.3, -0.25) is 4.79 Å². The molecule has 3 N–H and O–H groups in total. The molecule has 0 spiro atoms. The third kappa shape index (κ3) is 6.07. The summed E-state index contributed by atoms with van der Waals surface area (Å²) in [4.78, 5) is 11.6. The first-order valence-electron chi connectivity index (χ1n) is 5.41. The third-order valence-electron chi connectivity index (χ3n) is 2.50. The maximum absolute atomic E-state index is 11.6. The summed E-state index contributed by atoms with van der Waals surface area (Å²) in [7, 11) is -3.08. The topological polar surface area (TPSA) is 89.3 Å². The Hall–Kier alpha value is -0.620. The van der Waals surface area contributed by atoms with E-state index in [9.17, 15) is 13.2 Å². The molecule has 96 valence electrons. The lowest BCUT2D eigenvalue weighted by Crippen LogP contribution is -2.49. The van der Waals surface area contributed by atoms with E-state index in [0.717, 1.165) is 12.7 Å². The second-order valence-electron chi connectivity index (χ2n) is 4.41. The van der Waals surface area contributed by atoms with Crippen molar-refractivity contribution >= 4 is 15.7 Å². The second kappa shape index (κ2) is 6.20. The van der Waals surface area contributed by atoms with Crippen LogP contribution in [0.5, 0.6) is 0 Å². The summed E-state index contributed by atoms with van der Waals surface area (Å²) in [6.45, 7) is 5.51. The molecule has 0 rings (SSSR count). The minimum Gasteiger partial charge on any atom is -0.351 e. The van der Waals surface area contributed by atoms with Gasteiger partial charge in [0, 0.05) is 12.3 Å². The monoisotopic (exact) mass is 250 g/mol. The minimum absolute atomic E-state index is 0.0635. The number of sulfone groups is 1. The van der Waals surface area contributed by atoms with E-state index in [1.165, 1.54) is 0 Å². The van der Waals surface area contributed by atoms with Crippen LogP contribution < -0.4 is 11.1 Å². The fraction of sp³-hybridized carbons (Fsp3) is 0.900. The van der Waals surface area contributed by atoms with E-state index in [4.69, 9.17) is 5.73 Å². The van der Waals surface area contributed by atoms with Crippen molar-refractivity contribution in [3.63, 3.8) is 0 Å². The summed E-state index contributed by atoms with van der Waals surface area (Å²) >= 11 is 0. The zero-order chi connectivity index (χ0) is 12.9. The summed E-state index contributed by atoms with van der Waals surface area (Å²) in [6.07, 6.45) is 1.96. The molecule has 0 saturated carbocycles. The third-order valence-corrected chi connectivity index (χ3v) is 3.61. The zero-order valence-corrected chi connectivity index (χ0v) is 11.2. The lowest BCUT2D eigenvalue weighted by atomic mass is 9.99. The Morgan fingerprint density at radius 2 is 1.88 bits per heavy atom. The Bertz CT molecular complexity index is 327. The summed E-state index contributed by atoms with van der Waals surface area (Å²) < 4.78 is 22.0. The molecule has 6 heteroatoms. The molecule has 1 amide bonds. The van der Waals surface area contributed by atoms with Crippen LogP contribution in [0.4, 0.5) is 0 Å². The van der Waals surface area contributed by atoms with Gasteiger partial charge < -0.3 is 11.1 Å². The Kier molecular flexibility index (Phi) is 5.96. The fourth-order valence-electron chi connectivity index (χ4n) is 1.35. The molecule has 0 saturated heterocycles. The highest BCUT2D eigenvalue weighted by atomic mass is 32.2. The van der Waals surface area contributed by atoms with Gasteiger partial charge in [-0.05, 0) is 12.8 Å². The fourth-order valence-corrected chi connectivity index (χ4v) is 2.34. The Balaban J connectivity index is 4.24. The van der Waals surface area contributed by atoms with Crippen LogP contribution >= 0.6 is 0 Å². The van der Waals surface area contributed by atoms with Gasteiger partial charge in [0.25, 0.3) is 0 Å². The molecule has 0 fully saturated rings. The predicted molar refractivity (Wildman–Crippen MR) is 64.7 cm³/mol. The van der Waals surface area contributed by atoms with E-state index in [-0.39, 0.29) is 17.6 Å². The molecule has 0 aliphatic heterocycles. The molecule has 0 aromatic rings. The van der Waals surface area contributed by atoms with Crippen LogP contribution in [0, 0.1) is 5.92 Å². The number of nitrogens with two attached hydrogens (primary N) is 1. The molecular formula is C10H22N2O3S. The molecule has 3 atom stereocenters. The number of carbonyl (C=O) groups excluding carboxylic acids is 1. The van der Waals surface area contributed by atoms with Gasteiger partial charge in [0.1, 0.15) is 9.84 Å². The van der Waals surface area contributed by atoms with Crippen molar-refractivity contribution in [2.45, 2.75) is 39.3 Å².